The Kier molecular flexibility index (Phi) is 6.16. The van der Waals surface area contributed by atoms with Crippen LogP contribution in [0.1, 0.15) is 38.6 Å². The minimum atomic E-state index is 0.159. The fourth-order valence-electron chi connectivity index (χ4n) is 1.77. The van der Waals surface area contributed by atoms with Gasteiger partial charge in [0, 0.05) is 19.1 Å². The van der Waals surface area contributed by atoms with Crippen LogP contribution in [-0.4, -0.2) is 27.5 Å². The van der Waals surface area contributed by atoms with Gasteiger partial charge in [0.2, 0.25) is 0 Å². The highest BCUT2D eigenvalue weighted by molar-refractivity contribution is 9.10. The molecule has 0 saturated heterocycles. The summed E-state index contributed by atoms with van der Waals surface area (Å²) in [4.78, 5) is 0. The van der Waals surface area contributed by atoms with E-state index < -0.39 is 0 Å². The predicted octanol–water partition coefficient (Wildman–Crippen LogP) is 2.09. The van der Waals surface area contributed by atoms with Crippen molar-refractivity contribution in [2.45, 2.75) is 52.7 Å². The lowest BCUT2D eigenvalue weighted by Crippen LogP contribution is -2.32. The van der Waals surface area contributed by atoms with Gasteiger partial charge in [-0.15, -0.1) is 0 Å². The van der Waals surface area contributed by atoms with Gasteiger partial charge in [0.05, 0.1) is 22.5 Å². The first-order valence-corrected chi connectivity index (χ1v) is 7.05. The molecule has 0 aliphatic rings. The van der Waals surface area contributed by atoms with Crippen molar-refractivity contribution in [1.29, 1.82) is 0 Å². The first-order valence-electron chi connectivity index (χ1n) is 6.26. The molecule has 98 valence electrons. The molecule has 0 bridgehead atoms. The molecule has 1 aromatic heterocycles. The number of aryl methyl sites for hydroxylation is 2. The maximum atomic E-state index is 9.15. The van der Waals surface area contributed by atoms with Crippen LogP contribution in [0.25, 0.3) is 0 Å². The van der Waals surface area contributed by atoms with Crippen LogP contribution in [0.15, 0.2) is 4.47 Å². The van der Waals surface area contributed by atoms with Crippen LogP contribution < -0.4 is 5.32 Å². The molecule has 0 aromatic carbocycles. The third kappa shape index (κ3) is 3.53. The number of nitrogens with one attached hydrogen (secondary N) is 1. The third-order valence-electron chi connectivity index (χ3n) is 2.97. The highest BCUT2D eigenvalue weighted by Gasteiger charge is 2.14. The van der Waals surface area contributed by atoms with E-state index in [1.807, 2.05) is 4.68 Å². The van der Waals surface area contributed by atoms with E-state index in [4.69, 9.17) is 5.11 Å². The number of aromatic nitrogens is 2. The predicted molar refractivity (Wildman–Crippen MR) is 73.0 cm³/mol. The molecular weight excluding hydrogens is 282 g/mol. The van der Waals surface area contributed by atoms with E-state index in [9.17, 15) is 0 Å². The summed E-state index contributed by atoms with van der Waals surface area (Å²) < 4.78 is 3.11. The van der Waals surface area contributed by atoms with Crippen LogP contribution in [0.4, 0.5) is 0 Å². The van der Waals surface area contributed by atoms with Crippen molar-refractivity contribution < 1.29 is 5.11 Å². The van der Waals surface area contributed by atoms with E-state index in [2.05, 4.69) is 47.1 Å². The normalized spacial score (nSPS) is 13.0. The fourth-order valence-corrected chi connectivity index (χ4v) is 2.47. The molecule has 0 amide bonds. The van der Waals surface area contributed by atoms with E-state index in [1.54, 1.807) is 0 Å². The smallest absolute Gasteiger partial charge is 0.0767 e. The second-order valence-electron chi connectivity index (χ2n) is 4.05. The van der Waals surface area contributed by atoms with Crippen LogP contribution in [-0.2, 0) is 19.5 Å². The number of hydrogen-bond acceptors (Lipinski definition) is 3. The van der Waals surface area contributed by atoms with Crippen LogP contribution in [0, 0.1) is 0 Å². The summed E-state index contributed by atoms with van der Waals surface area (Å²) in [5.41, 5.74) is 2.26. The summed E-state index contributed by atoms with van der Waals surface area (Å²) in [5.74, 6) is 0. The summed E-state index contributed by atoms with van der Waals surface area (Å²) in [6.45, 7) is 8.04. The Labute approximate surface area is 112 Å². The molecule has 0 aliphatic carbocycles. The molecule has 1 rings (SSSR count). The minimum Gasteiger partial charge on any atom is -0.395 e. The minimum absolute atomic E-state index is 0.159. The van der Waals surface area contributed by atoms with Crippen molar-refractivity contribution in [3.8, 4) is 0 Å². The fraction of sp³-hybridized carbons (Fsp3) is 0.750. The van der Waals surface area contributed by atoms with Crippen molar-refractivity contribution in [1.82, 2.24) is 15.1 Å². The van der Waals surface area contributed by atoms with Crippen molar-refractivity contribution in [3.63, 3.8) is 0 Å². The lowest BCUT2D eigenvalue weighted by molar-refractivity contribution is 0.237. The van der Waals surface area contributed by atoms with Crippen molar-refractivity contribution >= 4 is 15.9 Å². The van der Waals surface area contributed by atoms with E-state index >= 15 is 0 Å². The Morgan fingerprint density at radius 3 is 2.59 bits per heavy atom. The lowest BCUT2D eigenvalue weighted by atomic mass is 10.2. The topological polar surface area (TPSA) is 50.1 Å². The van der Waals surface area contributed by atoms with Gasteiger partial charge in [-0.05, 0) is 35.7 Å². The molecule has 1 heterocycles. The standard InChI is InChI=1S/C12H22BrN3O/c1-4-9(8-17)14-7-11-12(13)10(5-2)15-16(11)6-3/h9,14,17H,4-8H2,1-3H3. The highest BCUT2D eigenvalue weighted by atomic mass is 79.9. The lowest BCUT2D eigenvalue weighted by Gasteiger charge is -2.14. The number of rotatable bonds is 7. The molecule has 2 N–H and O–H groups in total. The Morgan fingerprint density at radius 2 is 2.12 bits per heavy atom. The zero-order valence-corrected chi connectivity index (χ0v) is 12.4. The summed E-state index contributed by atoms with van der Waals surface area (Å²) in [5, 5.41) is 17.0. The second-order valence-corrected chi connectivity index (χ2v) is 4.84. The molecule has 0 radical (unpaired) electrons. The van der Waals surface area contributed by atoms with E-state index in [0.717, 1.165) is 41.8 Å². The Hall–Kier alpha value is -0.390. The molecule has 1 unspecified atom stereocenters. The molecule has 0 spiro atoms. The second kappa shape index (κ2) is 7.13. The van der Waals surface area contributed by atoms with Gasteiger partial charge in [0.15, 0.2) is 0 Å². The van der Waals surface area contributed by atoms with Gasteiger partial charge in [-0.3, -0.25) is 4.68 Å². The van der Waals surface area contributed by atoms with Gasteiger partial charge in [-0.25, -0.2) is 0 Å². The van der Waals surface area contributed by atoms with Crippen molar-refractivity contribution in [2.24, 2.45) is 0 Å². The number of halogens is 1. The number of hydrogen-bond donors (Lipinski definition) is 2. The van der Waals surface area contributed by atoms with Gasteiger partial charge in [0.25, 0.3) is 0 Å². The maximum Gasteiger partial charge on any atom is 0.0767 e. The summed E-state index contributed by atoms with van der Waals surface area (Å²) >= 11 is 3.61. The van der Waals surface area contributed by atoms with Crippen molar-refractivity contribution in [3.05, 3.63) is 15.9 Å². The first kappa shape index (κ1) is 14.7. The molecule has 0 fully saturated rings. The van der Waals surface area contributed by atoms with Gasteiger partial charge in [-0.1, -0.05) is 13.8 Å². The first-order chi connectivity index (χ1) is 8.17. The summed E-state index contributed by atoms with van der Waals surface area (Å²) in [6.07, 6.45) is 1.85. The van der Waals surface area contributed by atoms with Crippen LogP contribution in [0.5, 0.6) is 0 Å². The Balaban J connectivity index is 2.78. The summed E-state index contributed by atoms with van der Waals surface area (Å²) in [7, 11) is 0. The molecular formula is C12H22BrN3O. The molecule has 4 nitrogen and oxygen atoms in total. The molecule has 0 aliphatic heterocycles. The average Bonchev–Trinajstić information content (AvgIpc) is 2.67. The molecule has 1 atom stereocenters. The van der Waals surface area contributed by atoms with Crippen molar-refractivity contribution in [2.75, 3.05) is 6.61 Å². The largest absolute Gasteiger partial charge is 0.395 e. The Morgan fingerprint density at radius 1 is 1.41 bits per heavy atom. The molecule has 5 heteroatoms. The average molecular weight is 304 g/mol. The van der Waals surface area contributed by atoms with Gasteiger partial charge in [0.1, 0.15) is 0 Å². The monoisotopic (exact) mass is 303 g/mol. The molecule has 1 aromatic rings. The van der Waals surface area contributed by atoms with E-state index in [-0.39, 0.29) is 12.6 Å². The maximum absolute atomic E-state index is 9.15. The Bertz CT molecular complexity index is 348. The number of aliphatic hydroxyl groups is 1. The van der Waals surface area contributed by atoms with Gasteiger partial charge < -0.3 is 10.4 Å². The number of aliphatic hydroxyl groups excluding tert-OH is 1. The number of nitrogens with zero attached hydrogens (tertiary/aromatic N) is 2. The third-order valence-corrected chi connectivity index (χ3v) is 3.88. The quantitative estimate of drug-likeness (QED) is 0.811. The highest BCUT2D eigenvalue weighted by Crippen LogP contribution is 2.22. The molecule has 0 saturated carbocycles. The SMILES string of the molecule is CCc1nn(CC)c(CNC(CC)CO)c1Br. The van der Waals surface area contributed by atoms with E-state index in [1.165, 1.54) is 0 Å². The van der Waals surface area contributed by atoms with Crippen LogP contribution in [0.2, 0.25) is 0 Å². The summed E-state index contributed by atoms with van der Waals surface area (Å²) in [6, 6.07) is 0.159. The molecule has 17 heavy (non-hydrogen) atoms. The van der Waals surface area contributed by atoms with Gasteiger partial charge >= 0.3 is 0 Å². The zero-order valence-electron chi connectivity index (χ0n) is 10.8. The van der Waals surface area contributed by atoms with Gasteiger partial charge in [-0.2, -0.15) is 5.10 Å². The zero-order chi connectivity index (χ0) is 12.8. The van der Waals surface area contributed by atoms with Crippen LogP contribution in [0.3, 0.4) is 0 Å². The van der Waals surface area contributed by atoms with E-state index in [0.29, 0.717) is 0 Å². The van der Waals surface area contributed by atoms with Crippen LogP contribution >= 0.6 is 15.9 Å².